The molecule has 1 N–H and O–H groups in total. The number of carbonyl (C=O) groups excluding carboxylic acids is 2. The highest BCUT2D eigenvalue weighted by Gasteiger charge is 2.28. The van der Waals surface area contributed by atoms with Crippen LogP contribution in [0.15, 0.2) is 71.6 Å². The molecule has 11 heteroatoms. The summed E-state index contributed by atoms with van der Waals surface area (Å²) in [5, 5.41) is 3.73. The Morgan fingerprint density at radius 1 is 0.976 bits per heavy atom. The Morgan fingerprint density at radius 3 is 2.24 bits per heavy atom. The van der Waals surface area contributed by atoms with Gasteiger partial charge in [-0.25, -0.2) is 12.8 Å². The van der Waals surface area contributed by atoms with Crippen molar-refractivity contribution in [3.8, 4) is 0 Å². The molecule has 41 heavy (non-hydrogen) atoms. The summed E-state index contributed by atoms with van der Waals surface area (Å²) >= 11 is 12.2. The van der Waals surface area contributed by atoms with E-state index in [0.29, 0.717) is 40.7 Å². The Labute approximate surface area is 250 Å². The van der Waals surface area contributed by atoms with E-state index in [1.807, 2.05) is 0 Å². The number of sulfonamides is 1. The zero-order chi connectivity index (χ0) is 29.6. The number of hydrogen-bond acceptors (Lipinski definition) is 4. The highest BCUT2D eigenvalue weighted by molar-refractivity contribution is 7.89. The van der Waals surface area contributed by atoms with Crippen molar-refractivity contribution in [2.45, 2.75) is 56.6 Å². The van der Waals surface area contributed by atoms with Crippen molar-refractivity contribution >= 4 is 45.0 Å². The number of benzene rings is 3. The van der Waals surface area contributed by atoms with Gasteiger partial charge in [0.15, 0.2) is 0 Å². The van der Waals surface area contributed by atoms with Crippen molar-refractivity contribution < 1.29 is 22.4 Å². The molecule has 2 amide bonds. The van der Waals surface area contributed by atoms with Crippen LogP contribution in [0.1, 0.15) is 42.9 Å². The van der Waals surface area contributed by atoms with Gasteiger partial charge in [0.1, 0.15) is 11.9 Å². The van der Waals surface area contributed by atoms with Crippen LogP contribution in [0, 0.1) is 5.82 Å². The quantitative estimate of drug-likeness (QED) is 0.303. The predicted molar refractivity (Wildman–Crippen MR) is 157 cm³/mol. The summed E-state index contributed by atoms with van der Waals surface area (Å²) in [6.07, 6.45) is 2.18. The number of aryl methyl sites for hydroxylation is 1. The summed E-state index contributed by atoms with van der Waals surface area (Å²) in [6.45, 7) is 2.97. The van der Waals surface area contributed by atoms with Gasteiger partial charge in [-0.15, -0.1) is 0 Å². The summed E-state index contributed by atoms with van der Waals surface area (Å²) in [5.74, 6) is -1.04. The first-order valence-electron chi connectivity index (χ1n) is 13.4. The van der Waals surface area contributed by atoms with Gasteiger partial charge in [0.25, 0.3) is 0 Å². The van der Waals surface area contributed by atoms with Gasteiger partial charge in [0, 0.05) is 42.6 Å². The molecule has 0 spiro atoms. The van der Waals surface area contributed by atoms with E-state index in [2.05, 4.69) is 5.32 Å². The standard InChI is InChI=1S/C30H32Cl2FN3O4S/c1-21(30(38)34-19-24-9-10-25(31)18-28(24)32)36(20-23-4-11-26(33)12-5-23)29(37)15-8-22-6-13-27(14-7-22)41(39,40)35-16-2-3-17-35/h4-7,9-14,18,21H,2-3,8,15-17,19-20H2,1H3,(H,34,38)/t21-/m1/s1. The number of carbonyl (C=O) groups is 2. The second kappa shape index (κ2) is 13.8. The molecule has 218 valence electrons. The van der Waals surface area contributed by atoms with Crippen LogP contribution < -0.4 is 5.32 Å². The van der Waals surface area contributed by atoms with Crippen molar-refractivity contribution in [2.24, 2.45) is 0 Å². The van der Waals surface area contributed by atoms with E-state index < -0.39 is 21.9 Å². The smallest absolute Gasteiger partial charge is 0.243 e. The third-order valence-corrected chi connectivity index (χ3v) is 9.66. The van der Waals surface area contributed by atoms with E-state index in [0.717, 1.165) is 18.4 Å². The van der Waals surface area contributed by atoms with E-state index in [4.69, 9.17) is 23.2 Å². The van der Waals surface area contributed by atoms with Gasteiger partial charge in [-0.3, -0.25) is 9.59 Å². The third kappa shape index (κ3) is 8.07. The first-order chi connectivity index (χ1) is 19.5. The molecular formula is C30H32Cl2FN3O4S. The molecule has 1 heterocycles. The molecule has 0 unspecified atom stereocenters. The number of halogens is 3. The largest absolute Gasteiger partial charge is 0.350 e. The molecule has 0 saturated carbocycles. The first kappa shape index (κ1) is 31.0. The summed E-state index contributed by atoms with van der Waals surface area (Å²) in [6, 6.07) is 16.5. The zero-order valence-electron chi connectivity index (χ0n) is 22.7. The fourth-order valence-electron chi connectivity index (χ4n) is 4.66. The molecule has 0 radical (unpaired) electrons. The summed E-state index contributed by atoms with van der Waals surface area (Å²) in [4.78, 5) is 28.2. The van der Waals surface area contributed by atoms with Crippen LogP contribution >= 0.6 is 23.2 Å². The summed E-state index contributed by atoms with van der Waals surface area (Å²) in [5.41, 5.74) is 2.16. The maximum absolute atomic E-state index is 13.5. The first-order valence-corrected chi connectivity index (χ1v) is 15.6. The molecular weight excluding hydrogens is 588 g/mol. The van der Waals surface area contributed by atoms with Crippen molar-refractivity contribution in [3.63, 3.8) is 0 Å². The van der Waals surface area contributed by atoms with Crippen LogP contribution in [0.4, 0.5) is 4.39 Å². The van der Waals surface area contributed by atoms with E-state index in [-0.39, 0.29) is 36.2 Å². The molecule has 3 aromatic carbocycles. The van der Waals surface area contributed by atoms with Gasteiger partial charge in [0.05, 0.1) is 4.90 Å². The van der Waals surface area contributed by atoms with Gasteiger partial charge in [-0.05, 0) is 79.3 Å². The summed E-state index contributed by atoms with van der Waals surface area (Å²) in [7, 11) is -3.52. The highest BCUT2D eigenvalue weighted by Crippen LogP contribution is 2.23. The molecule has 0 bridgehead atoms. The minimum absolute atomic E-state index is 0.0973. The Balaban J connectivity index is 1.43. The molecule has 3 aromatic rings. The normalized spacial score (nSPS) is 14.5. The van der Waals surface area contributed by atoms with E-state index >= 15 is 0 Å². The maximum Gasteiger partial charge on any atom is 0.243 e. The maximum atomic E-state index is 13.5. The van der Waals surface area contributed by atoms with Gasteiger partial charge >= 0.3 is 0 Å². The van der Waals surface area contributed by atoms with Crippen LogP contribution in [0.25, 0.3) is 0 Å². The van der Waals surface area contributed by atoms with Gasteiger partial charge in [-0.1, -0.05) is 53.5 Å². The van der Waals surface area contributed by atoms with Crippen molar-refractivity contribution in [1.29, 1.82) is 0 Å². The zero-order valence-corrected chi connectivity index (χ0v) is 25.0. The highest BCUT2D eigenvalue weighted by atomic mass is 35.5. The SMILES string of the molecule is C[C@H](C(=O)NCc1ccc(Cl)cc1Cl)N(Cc1ccc(F)cc1)C(=O)CCc1ccc(S(=O)(=O)N2CCCC2)cc1. The molecule has 7 nitrogen and oxygen atoms in total. The van der Waals surface area contributed by atoms with Gasteiger partial charge in [0.2, 0.25) is 21.8 Å². The topological polar surface area (TPSA) is 86.8 Å². The minimum atomic E-state index is -3.52. The van der Waals surface area contributed by atoms with Gasteiger partial charge < -0.3 is 10.2 Å². The number of nitrogens with one attached hydrogen (secondary N) is 1. The van der Waals surface area contributed by atoms with Crippen molar-refractivity contribution in [1.82, 2.24) is 14.5 Å². The molecule has 0 aromatic heterocycles. The number of amides is 2. The minimum Gasteiger partial charge on any atom is -0.350 e. The second-order valence-corrected chi connectivity index (χ2v) is 12.8. The van der Waals surface area contributed by atoms with E-state index in [9.17, 15) is 22.4 Å². The van der Waals surface area contributed by atoms with Crippen LogP contribution in [-0.4, -0.2) is 48.6 Å². The average molecular weight is 621 g/mol. The monoisotopic (exact) mass is 619 g/mol. The number of rotatable bonds is 11. The van der Waals surface area contributed by atoms with Crippen LogP contribution in [0.2, 0.25) is 10.0 Å². The Bertz CT molecular complexity index is 1480. The molecule has 4 rings (SSSR count). The Hall–Kier alpha value is -2.98. The second-order valence-electron chi connectivity index (χ2n) is 10.0. The third-order valence-electron chi connectivity index (χ3n) is 7.16. The fraction of sp³-hybridized carbons (Fsp3) is 0.333. The van der Waals surface area contributed by atoms with E-state index in [1.54, 1.807) is 61.5 Å². The molecule has 1 fully saturated rings. The van der Waals surface area contributed by atoms with Crippen molar-refractivity contribution in [2.75, 3.05) is 13.1 Å². The average Bonchev–Trinajstić information content (AvgIpc) is 3.51. The predicted octanol–water partition coefficient (Wildman–Crippen LogP) is 5.58. The molecule has 1 saturated heterocycles. The molecule has 1 aliphatic rings. The van der Waals surface area contributed by atoms with Crippen LogP contribution in [-0.2, 0) is 39.1 Å². The fourth-order valence-corrected chi connectivity index (χ4v) is 6.66. The van der Waals surface area contributed by atoms with Crippen LogP contribution in [0.5, 0.6) is 0 Å². The Kier molecular flexibility index (Phi) is 10.4. The molecule has 1 aliphatic heterocycles. The number of nitrogens with zero attached hydrogens (tertiary/aromatic N) is 2. The van der Waals surface area contributed by atoms with Crippen LogP contribution in [0.3, 0.4) is 0 Å². The lowest BCUT2D eigenvalue weighted by atomic mass is 10.1. The lowest BCUT2D eigenvalue weighted by molar-refractivity contribution is -0.140. The summed E-state index contributed by atoms with van der Waals surface area (Å²) < 4.78 is 40.6. The Morgan fingerprint density at radius 2 is 1.61 bits per heavy atom. The lowest BCUT2D eigenvalue weighted by Crippen LogP contribution is -2.47. The van der Waals surface area contributed by atoms with Gasteiger partial charge in [-0.2, -0.15) is 4.31 Å². The number of hydrogen-bond donors (Lipinski definition) is 1. The molecule has 1 atom stereocenters. The van der Waals surface area contributed by atoms with E-state index in [1.165, 1.54) is 21.3 Å². The van der Waals surface area contributed by atoms with Crippen molar-refractivity contribution in [3.05, 3.63) is 99.3 Å². The molecule has 0 aliphatic carbocycles. The lowest BCUT2D eigenvalue weighted by Gasteiger charge is -2.29.